The monoisotopic (exact) mass is 284 g/mol. The van der Waals surface area contributed by atoms with Crippen molar-refractivity contribution in [1.29, 1.82) is 0 Å². The minimum atomic E-state index is 0.0190. The van der Waals surface area contributed by atoms with Crippen molar-refractivity contribution in [2.75, 3.05) is 23.3 Å². The second kappa shape index (κ2) is 5.99. The van der Waals surface area contributed by atoms with Crippen LogP contribution in [0.5, 0.6) is 0 Å². The lowest BCUT2D eigenvalue weighted by Crippen LogP contribution is -2.39. The number of aromatic nitrogens is 2. The molecule has 2 aromatic rings. The van der Waals surface area contributed by atoms with Crippen LogP contribution < -0.4 is 15.8 Å². The van der Waals surface area contributed by atoms with Gasteiger partial charge in [-0.2, -0.15) is 0 Å². The predicted molar refractivity (Wildman–Crippen MR) is 84.8 cm³/mol. The summed E-state index contributed by atoms with van der Waals surface area (Å²) in [6.07, 6.45) is 5.83. The van der Waals surface area contributed by atoms with E-state index < -0.39 is 0 Å². The zero-order valence-corrected chi connectivity index (χ0v) is 12.2. The molecule has 5 nitrogen and oxygen atoms in total. The Kier molecular flexibility index (Phi) is 3.90. The van der Waals surface area contributed by atoms with Crippen molar-refractivity contribution in [3.05, 3.63) is 53.1 Å². The number of nitrogens with zero attached hydrogens (tertiary/aromatic N) is 3. The molecule has 1 saturated heterocycles. The third kappa shape index (κ3) is 3.24. The molecular formula is C16H20N4O. The van der Waals surface area contributed by atoms with Gasteiger partial charge in [0.2, 0.25) is 5.56 Å². The first kappa shape index (κ1) is 13.7. The lowest BCUT2D eigenvalue weighted by Gasteiger charge is -2.33. The van der Waals surface area contributed by atoms with Crippen LogP contribution >= 0.6 is 0 Å². The molecule has 1 aliphatic rings. The molecule has 0 bridgehead atoms. The maximum absolute atomic E-state index is 11.4. The Balaban J connectivity index is 1.58. The van der Waals surface area contributed by atoms with E-state index in [1.54, 1.807) is 17.7 Å². The Morgan fingerprint density at radius 2 is 2.00 bits per heavy atom. The quantitative estimate of drug-likeness (QED) is 0.934. The summed E-state index contributed by atoms with van der Waals surface area (Å²) >= 11 is 0. The summed E-state index contributed by atoms with van der Waals surface area (Å²) in [4.78, 5) is 18.1. The molecule has 5 heteroatoms. The summed E-state index contributed by atoms with van der Waals surface area (Å²) < 4.78 is 1.60. The molecule has 3 rings (SSSR count). The highest BCUT2D eigenvalue weighted by atomic mass is 16.1. The minimum absolute atomic E-state index is 0.0190. The van der Waals surface area contributed by atoms with Gasteiger partial charge in [-0.25, -0.2) is 4.98 Å². The van der Waals surface area contributed by atoms with E-state index in [1.165, 1.54) is 0 Å². The number of anilines is 2. The fourth-order valence-electron chi connectivity index (χ4n) is 2.71. The zero-order valence-electron chi connectivity index (χ0n) is 12.2. The van der Waals surface area contributed by atoms with E-state index in [4.69, 9.17) is 0 Å². The van der Waals surface area contributed by atoms with Crippen LogP contribution in [-0.2, 0) is 7.05 Å². The molecule has 2 aromatic heterocycles. The Morgan fingerprint density at radius 1 is 1.19 bits per heavy atom. The standard InChI is InChI=1S/C16H20N4O/c1-19-12-14(5-6-16(19)21)18-13-7-10-20(11-8-13)15-4-2-3-9-17-15/h2-6,9,12-13,18H,7-8,10-11H2,1H3. The Hall–Kier alpha value is -2.30. The molecule has 1 fully saturated rings. The maximum Gasteiger partial charge on any atom is 0.250 e. The lowest BCUT2D eigenvalue weighted by molar-refractivity contribution is 0.523. The molecule has 0 saturated carbocycles. The molecule has 0 aliphatic carbocycles. The fourth-order valence-corrected chi connectivity index (χ4v) is 2.71. The number of hydrogen-bond donors (Lipinski definition) is 1. The van der Waals surface area contributed by atoms with Gasteiger partial charge >= 0.3 is 0 Å². The molecule has 3 heterocycles. The van der Waals surface area contributed by atoms with Gasteiger partial charge in [0.05, 0.1) is 5.69 Å². The molecule has 0 unspecified atom stereocenters. The molecule has 0 spiro atoms. The molecule has 1 aliphatic heterocycles. The van der Waals surface area contributed by atoms with Crippen molar-refractivity contribution >= 4 is 11.5 Å². The van der Waals surface area contributed by atoms with Crippen molar-refractivity contribution in [2.24, 2.45) is 7.05 Å². The molecule has 1 N–H and O–H groups in total. The smallest absolute Gasteiger partial charge is 0.250 e. The lowest BCUT2D eigenvalue weighted by atomic mass is 10.0. The average Bonchev–Trinajstić information content (AvgIpc) is 2.53. The van der Waals surface area contributed by atoms with Gasteiger partial charge in [0.25, 0.3) is 0 Å². The van der Waals surface area contributed by atoms with E-state index in [2.05, 4.69) is 21.3 Å². The van der Waals surface area contributed by atoms with Crippen molar-refractivity contribution in [2.45, 2.75) is 18.9 Å². The van der Waals surface area contributed by atoms with E-state index in [1.807, 2.05) is 30.6 Å². The molecule has 110 valence electrons. The zero-order chi connectivity index (χ0) is 14.7. The number of rotatable bonds is 3. The number of aryl methyl sites for hydroxylation is 1. The fraction of sp³-hybridized carbons (Fsp3) is 0.375. The SMILES string of the molecule is Cn1cc(NC2CCN(c3ccccn3)CC2)ccc1=O. The molecule has 0 radical (unpaired) electrons. The topological polar surface area (TPSA) is 50.2 Å². The largest absolute Gasteiger partial charge is 0.381 e. The Bertz CT molecular complexity index is 645. The molecule has 21 heavy (non-hydrogen) atoms. The van der Waals surface area contributed by atoms with Gasteiger partial charge in [-0.15, -0.1) is 0 Å². The normalized spacial score (nSPS) is 16.0. The van der Waals surface area contributed by atoms with Crippen LogP contribution in [0.3, 0.4) is 0 Å². The average molecular weight is 284 g/mol. The van der Waals surface area contributed by atoms with Crippen molar-refractivity contribution in [3.8, 4) is 0 Å². The third-order valence-electron chi connectivity index (χ3n) is 3.92. The first-order valence-corrected chi connectivity index (χ1v) is 7.31. The highest BCUT2D eigenvalue weighted by molar-refractivity contribution is 5.43. The predicted octanol–water partition coefficient (Wildman–Crippen LogP) is 1.86. The van der Waals surface area contributed by atoms with Crippen LogP contribution in [0.2, 0.25) is 0 Å². The van der Waals surface area contributed by atoms with Crippen LogP contribution in [0.25, 0.3) is 0 Å². The van der Waals surface area contributed by atoms with Gasteiger partial charge < -0.3 is 14.8 Å². The highest BCUT2D eigenvalue weighted by Crippen LogP contribution is 2.19. The van der Waals surface area contributed by atoms with Crippen LogP contribution in [-0.4, -0.2) is 28.7 Å². The summed E-state index contributed by atoms with van der Waals surface area (Å²) in [7, 11) is 1.77. The van der Waals surface area contributed by atoms with E-state index >= 15 is 0 Å². The van der Waals surface area contributed by atoms with Gasteiger partial charge in [-0.05, 0) is 31.0 Å². The number of hydrogen-bond acceptors (Lipinski definition) is 4. The van der Waals surface area contributed by atoms with E-state index in [9.17, 15) is 4.79 Å². The summed E-state index contributed by atoms with van der Waals surface area (Å²) in [5.41, 5.74) is 1.03. The van der Waals surface area contributed by atoms with Gasteiger partial charge in [-0.3, -0.25) is 4.79 Å². The number of pyridine rings is 2. The molecule has 0 aromatic carbocycles. The molecular weight excluding hydrogens is 264 g/mol. The second-order valence-corrected chi connectivity index (χ2v) is 5.46. The second-order valence-electron chi connectivity index (χ2n) is 5.46. The minimum Gasteiger partial charge on any atom is -0.381 e. The molecule has 0 amide bonds. The maximum atomic E-state index is 11.4. The highest BCUT2D eigenvalue weighted by Gasteiger charge is 2.19. The number of piperidine rings is 1. The van der Waals surface area contributed by atoms with Crippen LogP contribution in [0.4, 0.5) is 11.5 Å². The van der Waals surface area contributed by atoms with E-state index in [-0.39, 0.29) is 5.56 Å². The van der Waals surface area contributed by atoms with E-state index in [0.29, 0.717) is 6.04 Å². The first-order valence-electron chi connectivity index (χ1n) is 7.31. The Morgan fingerprint density at radius 3 is 2.67 bits per heavy atom. The first-order chi connectivity index (χ1) is 10.2. The van der Waals surface area contributed by atoms with Gasteiger partial charge in [0, 0.05) is 44.6 Å². The van der Waals surface area contributed by atoms with Gasteiger partial charge in [0.15, 0.2) is 0 Å². The van der Waals surface area contributed by atoms with Gasteiger partial charge in [0.1, 0.15) is 5.82 Å². The summed E-state index contributed by atoms with van der Waals surface area (Å²) in [6, 6.07) is 9.93. The van der Waals surface area contributed by atoms with Crippen LogP contribution in [0.1, 0.15) is 12.8 Å². The van der Waals surface area contributed by atoms with Crippen molar-refractivity contribution < 1.29 is 0 Å². The van der Waals surface area contributed by atoms with E-state index in [0.717, 1.165) is 37.4 Å². The summed E-state index contributed by atoms with van der Waals surface area (Å²) in [5.74, 6) is 1.05. The van der Waals surface area contributed by atoms with Crippen LogP contribution in [0, 0.1) is 0 Å². The number of nitrogens with one attached hydrogen (secondary N) is 1. The van der Waals surface area contributed by atoms with Crippen molar-refractivity contribution in [1.82, 2.24) is 9.55 Å². The third-order valence-corrected chi connectivity index (χ3v) is 3.92. The van der Waals surface area contributed by atoms with Crippen molar-refractivity contribution in [3.63, 3.8) is 0 Å². The summed E-state index contributed by atoms with van der Waals surface area (Å²) in [6.45, 7) is 2.00. The molecule has 0 atom stereocenters. The van der Waals surface area contributed by atoms with Gasteiger partial charge in [-0.1, -0.05) is 6.07 Å². The summed E-state index contributed by atoms with van der Waals surface area (Å²) in [5, 5.41) is 3.51. The Labute approximate surface area is 124 Å². The van der Waals surface area contributed by atoms with Crippen LogP contribution in [0.15, 0.2) is 47.5 Å².